The van der Waals surface area contributed by atoms with Crippen LogP contribution in [-0.4, -0.2) is 7.11 Å². The first-order chi connectivity index (χ1) is 9.61. The van der Waals surface area contributed by atoms with Gasteiger partial charge in [-0.15, -0.1) is 0 Å². The van der Waals surface area contributed by atoms with Gasteiger partial charge < -0.3 is 10.1 Å². The minimum absolute atomic E-state index is 0.0649. The molecule has 0 fully saturated rings. The number of anilines is 1. The van der Waals surface area contributed by atoms with Crippen molar-refractivity contribution >= 4 is 5.69 Å². The van der Waals surface area contributed by atoms with Crippen LogP contribution >= 0.6 is 0 Å². The molecule has 0 aromatic heterocycles. The first-order valence-electron chi connectivity index (χ1n) is 6.06. The molecule has 0 saturated heterocycles. The van der Waals surface area contributed by atoms with Crippen molar-refractivity contribution in [1.29, 1.82) is 0 Å². The van der Waals surface area contributed by atoms with Gasteiger partial charge in [-0.1, -0.05) is 24.3 Å². The molecule has 2 rings (SSSR count). The Kier molecular flexibility index (Phi) is 4.63. The van der Waals surface area contributed by atoms with E-state index in [9.17, 15) is 13.2 Å². The van der Waals surface area contributed by atoms with Crippen LogP contribution in [0.25, 0.3) is 0 Å². The van der Waals surface area contributed by atoms with E-state index in [1.54, 1.807) is 7.11 Å². The fourth-order valence-corrected chi connectivity index (χ4v) is 1.78. The minimum atomic E-state index is -1.47. The van der Waals surface area contributed by atoms with Crippen molar-refractivity contribution in [2.75, 3.05) is 12.4 Å². The summed E-state index contributed by atoms with van der Waals surface area (Å²) in [7, 11) is 1.61. The highest BCUT2D eigenvalue weighted by molar-refractivity contribution is 5.46. The van der Waals surface area contributed by atoms with Crippen LogP contribution in [0, 0.1) is 17.5 Å². The van der Waals surface area contributed by atoms with Gasteiger partial charge in [0.15, 0.2) is 17.5 Å². The summed E-state index contributed by atoms with van der Waals surface area (Å²) in [6.07, 6.45) is 0. The van der Waals surface area contributed by atoms with Gasteiger partial charge in [0, 0.05) is 13.7 Å². The minimum Gasteiger partial charge on any atom is -0.380 e. The normalized spacial score (nSPS) is 10.6. The third-order valence-corrected chi connectivity index (χ3v) is 2.85. The molecule has 0 saturated carbocycles. The molecule has 2 aromatic rings. The molecule has 0 amide bonds. The third kappa shape index (κ3) is 3.30. The van der Waals surface area contributed by atoms with Crippen LogP contribution in [0.4, 0.5) is 18.9 Å². The lowest BCUT2D eigenvalue weighted by Crippen LogP contribution is -2.04. The lowest BCUT2D eigenvalue weighted by Gasteiger charge is -2.09. The Labute approximate surface area is 115 Å². The van der Waals surface area contributed by atoms with E-state index in [0.29, 0.717) is 13.2 Å². The summed E-state index contributed by atoms with van der Waals surface area (Å²) in [5.41, 5.74) is 1.86. The van der Waals surface area contributed by atoms with Crippen LogP contribution in [-0.2, 0) is 17.9 Å². The van der Waals surface area contributed by atoms with Gasteiger partial charge in [-0.2, -0.15) is 0 Å². The molecule has 106 valence electrons. The van der Waals surface area contributed by atoms with Gasteiger partial charge in [-0.05, 0) is 23.3 Å². The van der Waals surface area contributed by atoms with Crippen LogP contribution in [0.5, 0.6) is 0 Å². The molecular weight excluding hydrogens is 267 g/mol. The molecule has 0 spiro atoms. The molecule has 0 heterocycles. The molecule has 0 aliphatic rings. The fourth-order valence-electron chi connectivity index (χ4n) is 1.78. The van der Waals surface area contributed by atoms with E-state index in [1.165, 1.54) is 6.07 Å². The molecule has 0 radical (unpaired) electrons. The molecule has 0 aliphatic heterocycles. The summed E-state index contributed by atoms with van der Waals surface area (Å²) in [4.78, 5) is 0. The average Bonchev–Trinajstić information content (AvgIpc) is 2.46. The first-order valence-corrected chi connectivity index (χ1v) is 6.06. The first kappa shape index (κ1) is 14.4. The van der Waals surface area contributed by atoms with Gasteiger partial charge >= 0.3 is 0 Å². The summed E-state index contributed by atoms with van der Waals surface area (Å²) >= 11 is 0. The molecule has 0 unspecified atom stereocenters. The van der Waals surface area contributed by atoms with Crippen molar-refractivity contribution in [3.05, 3.63) is 65.0 Å². The number of ether oxygens (including phenoxy) is 1. The lowest BCUT2D eigenvalue weighted by atomic mass is 10.1. The van der Waals surface area contributed by atoms with E-state index < -0.39 is 17.5 Å². The largest absolute Gasteiger partial charge is 0.380 e. The Hall–Kier alpha value is -2.01. The van der Waals surface area contributed by atoms with Gasteiger partial charge in [0.2, 0.25) is 0 Å². The van der Waals surface area contributed by atoms with E-state index in [0.717, 1.165) is 17.2 Å². The third-order valence-electron chi connectivity index (χ3n) is 2.85. The molecule has 20 heavy (non-hydrogen) atoms. The zero-order valence-electron chi connectivity index (χ0n) is 10.9. The topological polar surface area (TPSA) is 21.3 Å². The van der Waals surface area contributed by atoms with Gasteiger partial charge in [-0.25, -0.2) is 13.2 Å². The maximum Gasteiger partial charge on any atom is 0.196 e. The SMILES string of the molecule is COCc1ccc(CNc2ccc(F)c(F)c2F)cc1. The molecule has 0 aliphatic carbocycles. The van der Waals surface area contributed by atoms with Crippen molar-refractivity contribution in [2.45, 2.75) is 13.2 Å². The fraction of sp³-hybridized carbons (Fsp3) is 0.200. The summed E-state index contributed by atoms with van der Waals surface area (Å²) in [6.45, 7) is 0.834. The number of methoxy groups -OCH3 is 1. The molecule has 0 bridgehead atoms. The zero-order valence-corrected chi connectivity index (χ0v) is 10.9. The summed E-state index contributed by atoms with van der Waals surface area (Å²) in [6, 6.07) is 9.57. The second-order valence-electron chi connectivity index (χ2n) is 4.33. The number of hydrogen-bond acceptors (Lipinski definition) is 2. The van der Waals surface area contributed by atoms with Crippen LogP contribution in [0.1, 0.15) is 11.1 Å². The van der Waals surface area contributed by atoms with Crippen molar-refractivity contribution in [2.24, 2.45) is 0 Å². The summed E-state index contributed by atoms with van der Waals surface area (Å²) in [5, 5.41) is 2.74. The number of rotatable bonds is 5. The van der Waals surface area contributed by atoms with Gasteiger partial charge in [0.1, 0.15) is 0 Å². The summed E-state index contributed by atoms with van der Waals surface area (Å²) < 4.78 is 44.3. The van der Waals surface area contributed by atoms with Crippen molar-refractivity contribution in [3.8, 4) is 0 Å². The highest BCUT2D eigenvalue weighted by Gasteiger charge is 2.12. The van der Waals surface area contributed by atoms with E-state index >= 15 is 0 Å². The van der Waals surface area contributed by atoms with Crippen LogP contribution in [0.15, 0.2) is 36.4 Å². The Morgan fingerprint density at radius 2 is 1.55 bits per heavy atom. The predicted octanol–water partition coefficient (Wildman–Crippen LogP) is 3.86. The van der Waals surface area contributed by atoms with Crippen LogP contribution in [0.3, 0.4) is 0 Å². The number of hydrogen-bond donors (Lipinski definition) is 1. The monoisotopic (exact) mass is 281 g/mol. The maximum atomic E-state index is 13.4. The highest BCUT2D eigenvalue weighted by atomic mass is 19.2. The Bertz CT molecular complexity index is 584. The summed E-state index contributed by atoms with van der Waals surface area (Å²) in [5.74, 6) is -3.87. The predicted molar refractivity (Wildman–Crippen MR) is 70.8 cm³/mol. The molecular formula is C15H14F3NO. The van der Waals surface area contributed by atoms with E-state index in [4.69, 9.17) is 4.74 Å². The second kappa shape index (κ2) is 6.43. The molecule has 2 aromatic carbocycles. The zero-order chi connectivity index (χ0) is 14.5. The van der Waals surface area contributed by atoms with E-state index in [1.807, 2.05) is 24.3 Å². The van der Waals surface area contributed by atoms with Crippen molar-refractivity contribution in [1.82, 2.24) is 0 Å². The standard InChI is InChI=1S/C15H14F3NO/c1-20-9-11-4-2-10(3-5-11)8-19-13-7-6-12(16)14(17)15(13)18/h2-7,19H,8-9H2,1H3. The Balaban J connectivity index is 2.03. The van der Waals surface area contributed by atoms with E-state index in [2.05, 4.69) is 5.32 Å². The molecule has 2 nitrogen and oxygen atoms in total. The van der Waals surface area contributed by atoms with Gasteiger partial charge in [0.05, 0.1) is 12.3 Å². The maximum absolute atomic E-state index is 13.4. The van der Waals surface area contributed by atoms with Gasteiger partial charge in [-0.3, -0.25) is 0 Å². The number of nitrogens with one attached hydrogen (secondary N) is 1. The molecule has 0 atom stereocenters. The highest BCUT2D eigenvalue weighted by Crippen LogP contribution is 2.20. The van der Waals surface area contributed by atoms with E-state index in [-0.39, 0.29) is 5.69 Å². The number of benzene rings is 2. The van der Waals surface area contributed by atoms with Crippen molar-refractivity contribution < 1.29 is 17.9 Å². The quantitative estimate of drug-likeness (QED) is 0.840. The average molecular weight is 281 g/mol. The number of halogens is 3. The Morgan fingerprint density at radius 1 is 0.900 bits per heavy atom. The lowest BCUT2D eigenvalue weighted by molar-refractivity contribution is 0.185. The van der Waals surface area contributed by atoms with Crippen molar-refractivity contribution in [3.63, 3.8) is 0 Å². The van der Waals surface area contributed by atoms with Gasteiger partial charge in [0.25, 0.3) is 0 Å². The second-order valence-corrected chi connectivity index (χ2v) is 4.33. The van der Waals surface area contributed by atoms with Crippen LogP contribution in [0.2, 0.25) is 0 Å². The smallest absolute Gasteiger partial charge is 0.196 e. The molecule has 1 N–H and O–H groups in total. The Morgan fingerprint density at radius 3 is 2.20 bits per heavy atom. The van der Waals surface area contributed by atoms with Crippen LogP contribution < -0.4 is 5.32 Å². The molecule has 5 heteroatoms.